The molecule has 1 atom stereocenters. The number of carbonyl (C=O) groups is 1. The Labute approximate surface area is 121 Å². The van der Waals surface area contributed by atoms with Crippen molar-refractivity contribution in [3.8, 4) is 0 Å². The molecule has 1 unspecified atom stereocenters. The average Bonchev–Trinajstić information content (AvgIpc) is 3.37. The van der Waals surface area contributed by atoms with Gasteiger partial charge in [-0.3, -0.25) is 5.32 Å². The number of esters is 1. The van der Waals surface area contributed by atoms with Gasteiger partial charge in [0, 0.05) is 6.04 Å². The average molecular weight is 281 g/mol. The standard InChI is InChI=1S/C16H27NO3/c1-19-15(18)16(12-7-8-12,17-13-9-10-13)11-20-14-5-3-2-4-6-14/h12-14,17H,2-11H2,1H3. The van der Waals surface area contributed by atoms with Crippen LogP contribution in [0.4, 0.5) is 0 Å². The molecule has 0 bridgehead atoms. The van der Waals surface area contributed by atoms with E-state index in [0.29, 0.717) is 24.7 Å². The van der Waals surface area contributed by atoms with E-state index in [4.69, 9.17) is 9.47 Å². The maximum atomic E-state index is 12.4. The number of ether oxygens (including phenoxy) is 2. The van der Waals surface area contributed by atoms with Gasteiger partial charge in [0.15, 0.2) is 0 Å². The van der Waals surface area contributed by atoms with E-state index in [1.807, 2.05) is 0 Å². The van der Waals surface area contributed by atoms with E-state index in [1.54, 1.807) is 0 Å². The fraction of sp³-hybridized carbons (Fsp3) is 0.938. The highest BCUT2D eigenvalue weighted by Crippen LogP contribution is 2.43. The van der Waals surface area contributed by atoms with Gasteiger partial charge < -0.3 is 9.47 Å². The topological polar surface area (TPSA) is 47.6 Å². The SMILES string of the molecule is COC(=O)C(COC1CCCCC1)(NC1CC1)C1CC1. The van der Waals surface area contributed by atoms with Crippen molar-refractivity contribution in [1.29, 1.82) is 0 Å². The van der Waals surface area contributed by atoms with E-state index in [9.17, 15) is 4.79 Å². The summed E-state index contributed by atoms with van der Waals surface area (Å²) < 4.78 is 11.2. The van der Waals surface area contributed by atoms with Gasteiger partial charge >= 0.3 is 5.97 Å². The van der Waals surface area contributed by atoms with Crippen molar-refractivity contribution in [3.63, 3.8) is 0 Å². The summed E-state index contributed by atoms with van der Waals surface area (Å²) in [7, 11) is 1.49. The molecule has 3 fully saturated rings. The fourth-order valence-corrected chi connectivity index (χ4v) is 3.39. The summed E-state index contributed by atoms with van der Waals surface area (Å²) in [5.74, 6) is 0.279. The molecule has 3 rings (SSSR count). The van der Waals surface area contributed by atoms with Gasteiger partial charge in [0.25, 0.3) is 0 Å². The van der Waals surface area contributed by atoms with Crippen LogP contribution in [0.2, 0.25) is 0 Å². The first-order chi connectivity index (χ1) is 9.74. The quantitative estimate of drug-likeness (QED) is 0.728. The van der Waals surface area contributed by atoms with Crippen molar-refractivity contribution in [3.05, 3.63) is 0 Å². The van der Waals surface area contributed by atoms with Crippen LogP contribution in [-0.4, -0.2) is 37.4 Å². The first kappa shape index (κ1) is 14.3. The highest BCUT2D eigenvalue weighted by molar-refractivity contribution is 5.82. The van der Waals surface area contributed by atoms with E-state index < -0.39 is 5.54 Å². The molecule has 3 aliphatic carbocycles. The Morgan fingerprint density at radius 2 is 1.80 bits per heavy atom. The van der Waals surface area contributed by atoms with Gasteiger partial charge in [0.05, 0.1) is 19.8 Å². The second-order valence-corrected chi connectivity index (χ2v) is 6.73. The first-order valence-electron chi connectivity index (χ1n) is 8.22. The molecule has 114 valence electrons. The summed E-state index contributed by atoms with van der Waals surface area (Å²) in [6.45, 7) is 0.492. The summed E-state index contributed by atoms with van der Waals surface area (Å²) in [6, 6.07) is 0.490. The molecule has 0 saturated heterocycles. The van der Waals surface area contributed by atoms with Gasteiger partial charge in [-0.25, -0.2) is 4.79 Å². The lowest BCUT2D eigenvalue weighted by atomic mass is 9.92. The zero-order valence-corrected chi connectivity index (χ0v) is 12.5. The van der Waals surface area contributed by atoms with Crippen molar-refractivity contribution >= 4 is 5.97 Å². The molecule has 0 heterocycles. The summed E-state index contributed by atoms with van der Waals surface area (Å²) in [5, 5.41) is 3.56. The molecule has 3 aliphatic rings. The molecule has 0 aromatic carbocycles. The Morgan fingerprint density at radius 1 is 1.10 bits per heavy atom. The number of hydrogen-bond acceptors (Lipinski definition) is 4. The lowest BCUT2D eigenvalue weighted by molar-refractivity contribution is -0.154. The minimum atomic E-state index is -0.576. The van der Waals surface area contributed by atoms with Gasteiger partial charge in [-0.15, -0.1) is 0 Å². The molecule has 0 aromatic heterocycles. The number of hydrogen-bond donors (Lipinski definition) is 1. The van der Waals surface area contributed by atoms with Gasteiger partial charge in [0.2, 0.25) is 0 Å². The van der Waals surface area contributed by atoms with Crippen LogP contribution >= 0.6 is 0 Å². The molecule has 4 nitrogen and oxygen atoms in total. The molecule has 0 aromatic rings. The van der Waals surface area contributed by atoms with E-state index in [2.05, 4.69) is 5.32 Å². The Balaban J connectivity index is 1.64. The minimum absolute atomic E-state index is 0.122. The summed E-state index contributed by atoms with van der Waals surface area (Å²) in [6.07, 6.45) is 11.1. The number of carbonyl (C=O) groups excluding carboxylic acids is 1. The van der Waals surface area contributed by atoms with E-state index in [-0.39, 0.29) is 5.97 Å². The van der Waals surface area contributed by atoms with Crippen molar-refractivity contribution < 1.29 is 14.3 Å². The summed E-state index contributed by atoms with van der Waals surface area (Å²) in [4.78, 5) is 12.4. The van der Waals surface area contributed by atoms with Crippen molar-refractivity contribution in [2.45, 2.75) is 75.5 Å². The smallest absolute Gasteiger partial charge is 0.328 e. The third kappa shape index (κ3) is 3.17. The monoisotopic (exact) mass is 281 g/mol. The second kappa shape index (κ2) is 6.02. The molecule has 20 heavy (non-hydrogen) atoms. The Kier molecular flexibility index (Phi) is 4.32. The van der Waals surface area contributed by atoms with Gasteiger partial charge in [-0.1, -0.05) is 19.3 Å². The van der Waals surface area contributed by atoms with Crippen LogP contribution in [0, 0.1) is 5.92 Å². The van der Waals surface area contributed by atoms with E-state index >= 15 is 0 Å². The van der Waals surface area contributed by atoms with Crippen LogP contribution in [-0.2, 0) is 14.3 Å². The Morgan fingerprint density at radius 3 is 2.35 bits per heavy atom. The van der Waals surface area contributed by atoms with Crippen molar-refractivity contribution in [2.24, 2.45) is 5.92 Å². The maximum Gasteiger partial charge on any atom is 0.328 e. The Bertz CT molecular complexity index is 346. The lowest BCUT2D eigenvalue weighted by Crippen LogP contribution is -2.59. The molecule has 0 radical (unpaired) electrons. The van der Waals surface area contributed by atoms with E-state index in [0.717, 1.165) is 25.7 Å². The predicted molar refractivity (Wildman–Crippen MR) is 76.5 cm³/mol. The summed E-state index contributed by atoms with van der Waals surface area (Å²) >= 11 is 0. The van der Waals surface area contributed by atoms with Crippen LogP contribution in [0.25, 0.3) is 0 Å². The fourth-order valence-electron chi connectivity index (χ4n) is 3.39. The van der Waals surface area contributed by atoms with Crippen molar-refractivity contribution in [2.75, 3.05) is 13.7 Å². The summed E-state index contributed by atoms with van der Waals surface area (Å²) in [5.41, 5.74) is -0.576. The second-order valence-electron chi connectivity index (χ2n) is 6.73. The predicted octanol–water partition coefficient (Wildman–Crippen LogP) is 2.41. The third-order valence-corrected chi connectivity index (χ3v) is 4.96. The number of methoxy groups -OCH3 is 1. The number of rotatable bonds is 7. The number of nitrogens with one attached hydrogen (secondary N) is 1. The highest BCUT2D eigenvalue weighted by Gasteiger charge is 2.54. The van der Waals surface area contributed by atoms with Crippen LogP contribution in [0.3, 0.4) is 0 Å². The van der Waals surface area contributed by atoms with Crippen LogP contribution in [0.1, 0.15) is 57.8 Å². The molecule has 0 amide bonds. The lowest BCUT2D eigenvalue weighted by Gasteiger charge is -2.34. The van der Waals surface area contributed by atoms with Gasteiger partial charge in [-0.2, -0.15) is 0 Å². The molecule has 0 aliphatic heterocycles. The van der Waals surface area contributed by atoms with Crippen LogP contribution < -0.4 is 5.32 Å². The Hall–Kier alpha value is -0.610. The largest absolute Gasteiger partial charge is 0.468 e. The van der Waals surface area contributed by atoms with Crippen molar-refractivity contribution in [1.82, 2.24) is 5.32 Å². The third-order valence-electron chi connectivity index (χ3n) is 4.96. The van der Waals surface area contributed by atoms with Crippen LogP contribution in [0.5, 0.6) is 0 Å². The molecular weight excluding hydrogens is 254 g/mol. The molecule has 3 saturated carbocycles. The maximum absolute atomic E-state index is 12.4. The normalized spacial score (nSPS) is 27.1. The molecule has 4 heteroatoms. The van der Waals surface area contributed by atoms with Gasteiger partial charge in [0.1, 0.15) is 5.54 Å². The molecule has 1 N–H and O–H groups in total. The first-order valence-corrected chi connectivity index (χ1v) is 8.22. The van der Waals surface area contributed by atoms with E-state index in [1.165, 1.54) is 39.2 Å². The molecular formula is C16H27NO3. The zero-order chi connectivity index (χ0) is 14.0. The molecule has 0 spiro atoms. The highest BCUT2D eigenvalue weighted by atomic mass is 16.5. The minimum Gasteiger partial charge on any atom is -0.468 e. The zero-order valence-electron chi connectivity index (χ0n) is 12.5. The van der Waals surface area contributed by atoms with Gasteiger partial charge in [-0.05, 0) is 44.4 Å². The van der Waals surface area contributed by atoms with Crippen LogP contribution in [0.15, 0.2) is 0 Å².